The molecule has 0 radical (unpaired) electrons. The molecular weight excluding hydrogens is 322 g/mol. The first-order valence-corrected chi connectivity index (χ1v) is 6.66. The van der Waals surface area contributed by atoms with Gasteiger partial charge in [-0.1, -0.05) is 27.2 Å². The average molecular weight is 334 g/mol. The summed E-state index contributed by atoms with van der Waals surface area (Å²) in [6.07, 6.45) is 0. The molecule has 0 fully saturated rings. The average Bonchev–Trinajstić information content (AvgIpc) is 2.47. The van der Waals surface area contributed by atoms with Crippen LogP contribution < -0.4 is 4.74 Å². The minimum absolute atomic E-state index is 0.424. The minimum atomic E-state index is -0.424. The lowest BCUT2D eigenvalue weighted by atomic mass is 10.1. The molecule has 20 heavy (non-hydrogen) atoms. The molecule has 1 N–H and O–H groups in total. The number of nitrogens with zero attached hydrogens (tertiary/aromatic N) is 1. The van der Waals surface area contributed by atoms with Gasteiger partial charge in [-0.2, -0.15) is 0 Å². The van der Waals surface area contributed by atoms with Gasteiger partial charge in [-0.15, -0.1) is 0 Å². The van der Waals surface area contributed by atoms with Gasteiger partial charge in [0.05, 0.1) is 11.3 Å². The highest BCUT2D eigenvalue weighted by atomic mass is 79.9. The van der Waals surface area contributed by atoms with Crippen molar-refractivity contribution in [2.75, 3.05) is 0 Å². The fourth-order valence-corrected chi connectivity index (χ4v) is 2.00. The predicted octanol–water partition coefficient (Wildman–Crippen LogP) is 3.87. The van der Waals surface area contributed by atoms with Gasteiger partial charge in [0, 0.05) is 4.47 Å². The van der Waals surface area contributed by atoms with Gasteiger partial charge < -0.3 is 9.94 Å². The van der Waals surface area contributed by atoms with E-state index in [2.05, 4.69) is 21.1 Å². The third-order valence-corrected chi connectivity index (χ3v) is 3.19. The summed E-state index contributed by atoms with van der Waals surface area (Å²) in [6.45, 7) is 1.68. The number of hydrogen-bond acceptors (Lipinski definition) is 4. The van der Waals surface area contributed by atoms with Gasteiger partial charge in [-0.25, -0.2) is 4.79 Å². The zero-order valence-electron chi connectivity index (χ0n) is 10.7. The van der Waals surface area contributed by atoms with E-state index < -0.39 is 5.97 Å². The molecule has 0 aliphatic heterocycles. The van der Waals surface area contributed by atoms with Crippen LogP contribution in [-0.2, 0) is 0 Å². The Labute approximate surface area is 124 Å². The lowest BCUT2D eigenvalue weighted by Crippen LogP contribution is -2.08. The van der Waals surface area contributed by atoms with Crippen LogP contribution in [0.3, 0.4) is 0 Å². The molecule has 0 heterocycles. The highest BCUT2D eigenvalue weighted by Crippen LogP contribution is 2.17. The van der Waals surface area contributed by atoms with E-state index in [1.165, 1.54) is 0 Å². The first-order valence-electron chi connectivity index (χ1n) is 5.87. The van der Waals surface area contributed by atoms with Crippen LogP contribution in [-0.4, -0.2) is 16.9 Å². The fraction of sp³-hybridized carbons (Fsp3) is 0.0667. The van der Waals surface area contributed by atoms with Crippen LogP contribution in [0.2, 0.25) is 0 Å². The molecule has 2 aromatic rings. The Morgan fingerprint density at radius 2 is 1.85 bits per heavy atom. The second-order valence-electron chi connectivity index (χ2n) is 4.11. The quantitative estimate of drug-likeness (QED) is 0.305. The number of hydrogen-bond donors (Lipinski definition) is 1. The van der Waals surface area contributed by atoms with E-state index in [9.17, 15) is 4.79 Å². The van der Waals surface area contributed by atoms with Crippen LogP contribution in [0.5, 0.6) is 5.75 Å². The van der Waals surface area contributed by atoms with Gasteiger partial charge in [0.15, 0.2) is 0 Å². The van der Waals surface area contributed by atoms with Gasteiger partial charge in [0.2, 0.25) is 0 Å². The normalized spacial score (nSPS) is 11.2. The van der Waals surface area contributed by atoms with E-state index in [1.54, 1.807) is 49.4 Å². The second kappa shape index (κ2) is 6.34. The van der Waals surface area contributed by atoms with Crippen molar-refractivity contribution < 1.29 is 14.7 Å². The predicted molar refractivity (Wildman–Crippen MR) is 79.5 cm³/mol. The summed E-state index contributed by atoms with van der Waals surface area (Å²) in [5, 5.41) is 11.8. The summed E-state index contributed by atoms with van der Waals surface area (Å²) in [5.74, 6) is 0.0102. The number of esters is 1. The van der Waals surface area contributed by atoms with E-state index in [1.807, 2.05) is 6.07 Å². The summed E-state index contributed by atoms with van der Waals surface area (Å²) in [7, 11) is 0. The molecule has 0 aromatic heterocycles. The molecule has 0 spiro atoms. The van der Waals surface area contributed by atoms with Crippen molar-refractivity contribution >= 4 is 27.6 Å². The van der Waals surface area contributed by atoms with Gasteiger partial charge in [0.25, 0.3) is 0 Å². The molecule has 2 aromatic carbocycles. The number of oxime groups is 1. The standard InChI is InChI=1S/C15H12BrNO3/c1-10(17-19)11-5-7-14(8-6-11)20-15(18)12-3-2-4-13(16)9-12/h2-9,19H,1H3. The molecule has 0 unspecified atom stereocenters. The molecule has 4 nitrogen and oxygen atoms in total. The molecule has 0 amide bonds. The first-order chi connectivity index (χ1) is 9.60. The van der Waals surface area contributed by atoms with E-state index in [0.29, 0.717) is 17.0 Å². The molecular formula is C15H12BrNO3. The van der Waals surface area contributed by atoms with Gasteiger partial charge >= 0.3 is 5.97 Å². The molecule has 0 saturated carbocycles. The summed E-state index contributed by atoms with van der Waals surface area (Å²) >= 11 is 3.30. The zero-order valence-corrected chi connectivity index (χ0v) is 12.3. The third-order valence-electron chi connectivity index (χ3n) is 2.69. The lowest BCUT2D eigenvalue weighted by Gasteiger charge is -2.05. The van der Waals surface area contributed by atoms with Gasteiger partial charge in [-0.3, -0.25) is 0 Å². The molecule has 0 aliphatic rings. The van der Waals surface area contributed by atoms with Gasteiger partial charge in [0.1, 0.15) is 5.75 Å². The van der Waals surface area contributed by atoms with Crippen molar-refractivity contribution in [1.29, 1.82) is 0 Å². The Hall–Kier alpha value is -2.14. The van der Waals surface area contributed by atoms with E-state index in [4.69, 9.17) is 9.94 Å². The molecule has 2 rings (SSSR count). The third kappa shape index (κ3) is 3.45. The maximum absolute atomic E-state index is 11.9. The minimum Gasteiger partial charge on any atom is -0.423 e. The SMILES string of the molecule is CC(=NO)c1ccc(OC(=O)c2cccc(Br)c2)cc1. The van der Waals surface area contributed by atoms with Crippen LogP contribution in [0, 0.1) is 0 Å². The maximum Gasteiger partial charge on any atom is 0.343 e. The van der Waals surface area contributed by atoms with Crippen LogP contribution >= 0.6 is 15.9 Å². The molecule has 102 valence electrons. The maximum atomic E-state index is 11.9. The number of carbonyl (C=O) groups excluding carboxylic acids is 1. The molecule has 5 heteroatoms. The van der Waals surface area contributed by atoms with E-state index >= 15 is 0 Å². The van der Waals surface area contributed by atoms with Crippen molar-refractivity contribution in [3.63, 3.8) is 0 Å². The molecule has 0 atom stereocenters. The Kier molecular flexibility index (Phi) is 4.53. The van der Waals surface area contributed by atoms with Crippen LogP contribution in [0.25, 0.3) is 0 Å². The summed E-state index contributed by atoms with van der Waals surface area (Å²) in [4.78, 5) is 11.9. The largest absolute Gasteiger partial charge is 0.423 e. The van der Waals surface area contributed by atoms with E-state index in [0.717, 1.165) is 10.0 Å². The van der Waals surface area contributed by atoms with Crippen molar-refractivity contribution in [1.82, 2.24) is 0 Å². The van der Waals surface area contributed by atoms with Crippen molar-refractivity contribution in [2.45, 2.75) is 6.92 Å². The zero-order chi connectivity index (χ0) is 14.5. The highest BCUT2D eigenvalue weighted by molar-refractivity contribution is 9.10. The van der Waals surface area contributed by atoms with Crippen LogP contribution in [0.15, 0.2) is 58.2 Å². The lowest BCUT2D eigenvalue weighted by molar-refractivity contribution is 0.0734. The topological polar surface area (TPSA) is 58.9 Å². The van der Waals surface area contributed by atoms with Crippen LogP contribution in [0.1, 0.15) is 22.8 Å². The van der Waals surface area contributed by atoms with Crippen LogP contribution in [0.4, 0.5) is 0 Å². The van der Waals surface area contributed by atoms with Gasteiger partial charge in [-0.05, 0) is 55.0 Å². The number of carbonyl (C=O) groups is 1. The Balaban J connectivity index is 2.12. The monoisotopic (exact) mass is 333 g/mol. The molecule has 0 saturated heterocycles. The summed E-state index contributed by atoms with van der Waals surface area (Å²) in [5.41, 5.74) is 1.72. The van der Waals surface area contributed by atoms with Crippen molar-refractivity contribution in [3.05, 3.63) is 64.1 Å². The van der Waals surface area contributed by atoms with E-state index in [-0.39, 0.29) is 0 Å². The Morgan fingerprint density at radius 3 is 2.45 bits per heavy atom. The summed E-state index contributed by atoms with van der Waals surface area (Å²) in [6, 6.07) is 13.7. The summed E-state index contributed by atoms with van der Waals surface area (Å²) < 4.78 is 6.08. The molecule has 0 bridgehead atoms. The Bertz CT molecular complexity index is 650. The number of rotatable bonds is 3. The molecule has 0 aliphatic carbocycles. The number of halogens is 1. The number of benzene rings is 2. The fourth-order valence-electron chi connectivity index (χ4n) is 1.60. The first kappa shape index (κ1) is 14.3. The number of ether oxygens (including phenoxy) is 1. The van der Waals surface area contributed by atoms with Crippen molar-refractivity contribution in [3.8, 4) is 5.75 Å². The Morgan fingerprint density at radius 1 is 1.15 bits per heavy atom. The van der Waals surface area contributed by atoms with Crippen molar-refractivity contribution in [2.24, 2.45) is 5.16 Å². The smallest absolute Gasteiger partial charge is 0.343 e. The second-order valence-corrected chi connectivity index (χ2v) is 5.03. The highest BCUT2D eigenvalue weighted by Gasteiger charge is 2.09.